The summed E-state index contributed by atoms with van der Waals surface area (Å²) in [5.74, 6) is 1.47. The molecule has 5 heteroatoms. The van der Waals surface area contributed by atoms with E-state index in [4.69, 9.17) is 14.9 Å². The lowest BCUT2D eigenvalue weighted by Crippen LogP contribution is -2.03. The summed E-state index contributed by atoms with van der Waals surface area (Å²) in [7, 11) is 0. The molecule has 1 aliphatic heterocycles. The van der Waals surface area contributed by atoms with Crippen molar-refractivity contribution >= 4 is 32.7 Å². The normalized spacial score (nSPS) is 17.1. The summed E-state index contributed by atoms with van der Waals surface area (Å²) >= 11 is 3.41. The topological polar surface area (TPSA) is 61.3 Å². The van der Waals surface area contributed by atoms with E-state index in [2.05, 4.69) is 27.0 Å². The number of nitrogens with two attached hydrogens (primary N) is 1. The lowest BCUT2D eigenvalue weighted by Gasteiger charge is -2.04. The zero-order chi connectivity index (χ0) is 13.7. The quantitative estimate of drug-likeness (QED) is 0.688. The molecule has 0 spiro atoms. The molecule has 3 aromatic rings. The second-order valence-electron chi connectivity index (χ2n) is 4.81. The molecule has 20 heavy (non-hydrogen) atoms. The molecule has 4 nitrogen and oxygen atoms in total. The van der Waals surface area contributed by atoms with E-state index in [1.165, 1.54) is 5.56 Å². The van der Waals surface area contributed by atoms with Gasteiger partial charge in [0.2, 0.25) is 5.89 Å². The van der Waals surface area contributed by atoms with Crippen LogP contribution in [0.5, 0.6) is 5.75 Å². The van der Waals surface area contributed by atoms with Crippen molar-refractivity contribution in [3.8, 4) is 5.75 Å². The van der Waals surface area contributed by atoms with E-state index in [0.717, 1.165) is 22.2 Å². The van der Waals surface area contributed by atoms with E-state index < -0.39 is 0 Å². The monoisotopic (exact) mass is 330 g/mol. The third kappa shape index (κ3) is 1.78. The molecule has 0 aliphatic carbocycles. The number of para-hydroxylation sites is 1. The van der Waals surface area contributed by atoms with Gasteiger partial charge in [0, 0.05) is 10.9 Å². The van der Waals surface area contributed by atoms with Crippen molar-refractivity contribution in [2.75, 3.05) is 5.73 Å². The average molecular weight is 331 g/mol. The number of aromatic nitrogens is 1. The van der Waals surface area contributed by atoms with E-state index in [1.807, 2.05) is 30.3 Å². The van der Waals surface area contributed by atoms with Crippen LogP contribution in [0.4, 0.5) is 5.69 Å². The molecular formula is C15H11BrN2O2. The van der Waals surface area contributed by atoms with Crippen molar-refractivity contribution in [2.24, 2.45) is 0 Å². The number of halogens is 1. The number of hydrogen-bond donors (Lipinski definition) is 1. The Morgan fingerprint density at radius 2 is 2.10 bits per heavy atom. The van der Waals surface area contributed by atoms with Gasteiger partial charge in [0.25, 0.3) is 0 Å². The summed E-state index contributed by atoms with van der Waals surface area (Å²) in [6.45, 7) is 0. The van der Waals surface area contributed by atoms with Gasteiger partial charge in [-0.1, -0.05) is 34.1 Å². The molecule has 1 atom stereocenters. The fraction of sp³-hybridized carbons (Fsp3) is 0.133. The predicted molar refractivity (Wildman–Crippen MR) is 79.6 cm³/mol. The van der Waals surface area contributed by atoms with Crippen molar-refractivity contribution in [1.29, 1.82) is 0 Å². The summed E-state index contributed by atoms with van der Waals surface area (Å²) in [6, 6.07) is 11.7. The molecule has 2 N–H and O–H groups in total. The molecule has 0 radical (unpaired) electrons. The number of fused-ring (bicyclic) bond motifs is 2. The van der Waals surface area contributed by atoms with Crippen LogP contribution in [0.25, 0.3) is 11.1 Å². The molecule has 1 unspecified atom stereocenters. The highest BCUT2D eigenvalue weighted by Crippen LogP contribution is 2.38. The van der Waals surface area contributed by atoms with Crippen LogP contribution >= 0.6 is 15.9 Å². The van der Waals surface area contributed by atoms with Crippen LogP contribution in [0.2, 0.25) is 0 Å². The van der Waals surface area contributed by atoms with E-state index in [9.17, 15) is 0 Å². The Hall–Kier alpha value is -2.01. The number of benzene rings is 2. The molecule has 0 saturated carbocycles. The van der Waals surface area contributed by atoms with Crippen molar-refractivity contribution in [3.05, 3.63) is 52.3 Å². The highest BCUT2D eigenvalue weighted by molar-refractivity contribution is 9.10. The number of oxazole rings is 1. The number of nitrogen functional groups attached to an aromatic ring is 1. The first kappa shape index (κ1) is 11.8. The van der Waals surface area contributed by atoms with Crippen LogP contribution in [-0.2, 0) is 6.42 Å². The molecule has 1 aromatic heterocycles. The summed E-state index contributed by atoms with van der Waals surface area (Å²) in [4.78, 5) is 4.50. The Bertz CT molecular complexity index is 788. The molecule has 2 aromatic carbocycles. The molecular weight excluding hydrogens is 320 g/mol. The van der Waals surface area contributed by atoms with Crippen LogP contribution in [0.15, 0.2) is 45.3 Å². The van der Waals surface area contributed by atoms with E-state index >= 15 is 0 Å². The molecule has 0 saturated heterocycles. The Labute approximate surface area is 123 Å². The second-order valence-corrected chi connectivity index (χ2v) is 5.73. The van der Waals surface area contributed by atoms with Crippen LogP contribution in [-0.4, -0.2) is 4.98 Å². The molecule has 0 amide bonds. The minimum atomic E-state index is -0.182. The SMILES string of the molecule is Nc1cc(Br)cc2nc(C3Cc4ccccc4O3)oc12. The van der Waals surface area contributed by atoms with Crippen molar-refractivity contribution < 1.29 is 9.15 Å². The summed E-state index contributed by atoms with van der Waals surface area (Å²) in [6.07, 6.45) is 0.585. The van der Waals surface area contributed by atoms with E-state index in [-0.39, 0.29) is 6.10 Å². The molecule has 0 fully saturated rings. The first-order valence-electron chi connectivity index (χ1n) is 6.31. The van der Waals surface area contributed by atoms with Gasteiger partial charge in [0.15, 0.2) is 11.7 Å². The maximum absolute atomic E-state index is 5.95. The number of rotatable bonds is 1. The lowest BCUT2D eigenvalue weighted by atomic mass is 10.1. The summed E-state index contributed by atoms with van der Waals surface area (Å²) in [5.41, 5.74) is 9.05. The first-order chi connectivity index (χ1) is 9.70. The lowest BCUT2D eigenvalue weighted by molar-refractivity contribution is 0.201. The van der Waals surface area contributed by atoms with Gasteiger partial charge in [-0.05, 0) is 23.8 Å². The Kier molecular flexibility index (Phi) is 2.50. The number of nitrogens with zero attached hydrogens (tertiary/aromatic N) is 1. The summed E-state index contributed by atoms with van der Waals surface area (Å²) < 4.78 is 12.6. The molecule has 100 valence electrons. The number of hydrogen-bond acceptors (Lipinski definition) is 4. The van der Waals surface area contributed by atoms with Gasteiger partial charge >= 0.3 is 0 Å². The Morgan fingerprint density at radius 1 is 1.25 bits per heavy atom. The Morgan fingerprint density at radius 3 is 2.95 bits per heavy atom. The van der Waals surface area contributed by atoms with Gasteiger partial charge in [0.1, 0.15) is 11.3 Å². The molecule has 1 aliphatic rings. The average Bonchev–Trinajstić information content (AvgIpc) is 3.01. The minimum Gasteiger partial charge on any atom is -0.480 e. The number of anilines is 1. The highest BCUT2D eigenvalue weighted by atomic mass is 79.9. The van der Waals surface area contributed by atoms with Crippen LogP contribution < -0.4 is 10.5 Å². The van der Waals surface area contributed by atoms with Crippen LogP contribution in [0.3, 0.4) is 0 Å². The standard InChI is InChI=1S/C15H11BrN2O2/c16-9-6-10(17)14-11(7-9)18-15(20-14)13-5-8-3-1-2-4-12(8)19-13/h1-4,6-7,13H,5,17H2. The first-order valence-corrected chi connectivity index (χ1v) is 7.10. The second kappa shape index (κ2) is 4.24. The largest absolute Gasteiger partial charge is 0.480 e. The molecule has 4 rings (SSSR count). The third-order valence-electron chi connectivity index (χ3n) is 3.42. The zero-order valence-corrected chi connectivity index (χ0v) is 12.1. The van der Waals surface area contributed by atoms with Crippen LogP contribution in [0, 0.1) is 0 Å². The van der Waals surface area contributed by atoms with E-state index in [0.29, 0.717) is 17.2 Å². The Balaban J connectivity index is 1.76. The molecule has 2 heterocycles. The number of ether oxygens (including phenoxy) is 1. The molecule has 0 bridgehead atoms. The van der Waals surface area contributed by atoms with Gasteiger partial charge in [-0.25, -0.2) is 4.98 Å². The van der Waals surface area contributed by atoms with Gasteiger partial charge in [-0.15, -0.1) is 0 Å². The van der Waals surface area contributed by atoms with Gasteiger partial charge in [-0.2, -0.15) is 0 Å². The highest BCUT2D eigenvalue weighted by Gasteiger charge is 2.28. The maximum atomic E-state index is 5.95. The predicted octanol–water partition coefficient (Wildman–Crippen LogP) is 3.85. The minimum absolute atomic E-state index is 0.182. The van der Waals surface area contributed by atoms with Crippen molar-refractivity contribution in [3.63, 3.8) is 0 Å². The van der Waals surface area contributed by atoms with Crippen molar-refractivity contribution in [2.45, 2.75) is 12.5 Å². The van der Waals surface area contributed by atoms with E-state index in [1.54, 1.807) is 0 Å². The fourth-order valence-electron chi connectivity index (χ4n) is 2.50. The zero-order valence-electron chi connectivity index (χ0n) is 10.5. The van der Waals surface area contributed by atoms with Gasteiger partial charge in [-0.3, -0.25) is 0 Å². The third-order valence-corrected chi connectivity index (χ3v) is 3.88. The van der Waals surface area contributed by atoms with Crippen molar-refractivity contribution in [1.82, 2.24) is 4.98 Å². The van der Waals surface area contributed by atoms with Gasteiger partial charge in [0.05, 0.1) is 5.69 Å². The van der Waals surface area contributed by atoms with Gasteiger partial charge < -0.3 is 14.9 Å². The fourth-order valence-corrected chi connectivity index (χ4v) is 2.96. The van der Waals surface area contributed by atoms with Crippen LogP contribution in [0.1, 0.15) is 17.6 Å². The summed E-state index contributed by atoms with van der Waals surface area (Å²) in [5, 5.41) is 0. The maximum Gasteiger partial charge on any atom is 0.237 e. The smallest absolute Gasteiger partial charge is 0.237 e.